The molecule has 100 valence electrons. The number of nitriles is 1. The fourth-order valence-electron chi connectivity index (χ4n) is 2.97. The van der Waals surface area contributed by atoms with Crippen molar-refractivity contribution in [1.29, 1.82) is 5.26 Å². The summed E-state index contributed by atoms with van der Waals surface area (Å²) in [5.41, 5.74) is -1.00. The van der Waals surface area contributed by atoms with Crippen LogP contribution in [-0.2, 0) is 10.2 Å². The molecule has 3 unspecified atom stereocenters. The number of halogens is 1. The van der Waals surface area contributed by atoms with Gasteiger partial charge < -0.3 is 5.11 Å². The van der Waals surface area contributed by atoms with Crippen LogP contribution < -0.4 is 0 Å². The molecule has 0 aliphatic heterocycles. The topological polar surface area (TPSA) is 61.1 Å². The van der Waals surface area contributed by atoms with E-state index in [2.05, 4.69) is 0 Å². The zero-order valence-electron chi connectivity index (χ0n) is 10.6. The number of carboxylic acid groups (broad SMARTS) is 1. The van der Waals surface area contributed by atoms with Gasteiger partial charge in [-0.2, -0.15) is 5.26 Å². The van der Waals surface area contributed by atoms with Crippen LogP contribution in [0.3, 0.4) is 0 Å². The molecule has 1 saturated carbocycles. The number of hydrogen-bond acceptors (Lipinski definition) is 2. The molecular weight excluding hydrogens is 262 g/mol. The smallest absolute Gasteiger partial charge is 0.329 e. The normalized spacial score (nSPS) is 26.1. The van der Waals surface area contributed by atoms with E-state index in [1.165, 1.54) is 0 Å². The van der Waals surface area contributed by atoms with Gasteiger partial charge >= 0.3 is 5.97 Å². The van der Waals surface area contributed by atoms with Gasteiger partial charge in [-0.05, 0) is 18.4 Å². The van der Waals surface area contributed by atoms with Crippen LogP contribution in [0.15, 0.2) is 30.3 Å². The third-order valence-electron chi connectivity index (χ3n) is 3.98. The van der Waals surface area contributed by atoms with E-state index in [1.807, 2.05) is 12.1 Å². The predicted octanol–water partition coefficient (Wildman–Crippen LogP) is 3.33. The molecule has 1 aromatic rings. The van der Waals surface area contributed by atoms with Gasteiger partial charge in [0.15, 0.2) is 5.41 Å². The highest BCUT2D eigenvalue weighted by molar-refractivity contribution is 6.21. The van der Waals surface area contributed by atoms with Gasteiger partial charge in [0.25, 0.3) is 0 Å². The maximum absolute atomic E-state index is 11.8. The van der Waals surface area contributed by atoms with Crippen molar-refractivity contribution in [2.45, 2.75) is 36.5 Å². The number of benzene rings is 1. The standard InChI is InChI=1S/C15H16ClNO2/c16-13-9-5-4-8-12(13)15(10-17,14(18)19)11-6-2-1-3-7-11/h1-3,6-7,12-13H,4-5,8-9H2,(H,18,19). The lowest BCUT2D eigenvalue weighted by atomic mass is 9.65. The monoisotopic (exact) mass is 277 g/mol. The lowest BCUT2D eigenvalue weighted by molar-refractivity contribution is -0.144. The number of rotatable bonds is 3. The molecule has 1 aliphatic carbocycles. The molecule has 0 spiro atoms. The SMILES string of the molecule is N#CC(C(=O)O)(c1ccccc1)C1CCCCC1Cl. The van der Waals surface area contributed by atoms with Crippen molar-refractivity contribution in [1.82, 2.24) is 0 Å². The summed E-state index contributed by atoms with van der Waals surface area (Å²) < 4.78 is 0. The highest BCUT2D eigenvalue weighted by Gasteiger charge is 2.51. The summed E-state index contributed by atoms with van der Waals surface area (Å²) in [5.74, 6) is -1.44. The number of nitrogens with zero attached hydrogens (tertiary/aromatic N) is 1. The van der Waals surface area contributed by atoms with E-state index in [-0.39, 0.29) is 11.3 Å². The van der Waals surface area contributed by atoms with Gasteiger partial charge in [0.05, 0.1) is 6.07 Å². The Balaban J connectivity index is 2.52. The summed E-state index contributed by atoms with van der Waals surface area (Å²) in [6, 6.07) is 10.8. The van der Waals surface area contributed by atoms with Crippen molar-refractivity contribution in [3.63, 3.8) is 0 Å². The zero-order valence-corrected chi connectivity index (χ0v) is 11.3. The minimum absolute atomic E-state index is 0.260. The minimum Gasteiger partial charge on any atom is -0.480 e. The Labute approximate surface area is 117 Å². The summed E-state index contributed by atoms with van der Waals surface area (Å²) in [6.07, 6.45) is 3.39. The van der Waals surface area contributed by atoms with Crippen molar-refractivity contribution in [2.24, 2.45) is 5.92 Å². The van der Waals surface area contributed by atoms with Crippen molar-refractivity contribution < 1.29 is 9.90 Å². The van der Waals surface area contributed by atoms with Crippen LogP contribution in [0.25, 0.3) is 0 Å². The molecular formula is C15H16ClNO2. The van der Waals surface area contributed by atoms with Crippen LogP contribution in [-0.4, -0.2) is 16.5 Å². The molecule has 1 N–H and O–H groups in total. The second-order valence-corrected chi connectivity index (χ2v) is 5.56. The molecule has 1 fully saturated rings. The van der Waals surface area contributed by atoms with Gasteiger partial charge in [-0.3, -0.25) is 4.79 Å². The molecule has 1 aliphatic rings. The first-order valence-electron chi connectivity index (χ1n) is 6.47. The Hall–Kier alpha value is -1.53. The molecule has 4 heteroatoms. The quantitative estimate of drug-likeness (QED) is 0.862. The van der Waals surface area contributed by atoms with Crippen LogP contribution in [0, 0.1) is 17.2 Å². The number of alkyl halides is 1. The van der Waals surface area contributed by atoms with E-state index in [1.54, 1.807) is 24.3 Å². The molecule has 0 saturated heterocycles. The van der Waals surface area contributed by atoms with Gasteiger partial charge in [0.2, 0.25) is 0 Å². The molecule has 0 heterocycles. The third-order valence-corrected chi connectivity index (χ3v) is 4.50. The van der Waals surface area contributed by atoms with Crippen LogP contribution in [0.2, 0.25) is 0 Å². The predicted molar refractivity (Wildman–Crippen MR) is 73.0 cm³/mol. The number of carbonyl (C=O) groups is 1. The highest BCUT2D eigenvalue weighted by Crippen LogP contribution is 2.43. The molecule has 0 bridgehead atoms. The second kappa shape index (κ2) is 5.63. The zero-order chi connectivity index (χ0) is 13.9. The fourth-order valence-corrected chi connectivity index (χ4v) is 3.44. The number of aliphatic carboxylic acids is 1. The molecule has 3 atom stereocenters. The largest absolute Gasteiger partial charge is 0.480 e. The van der Waals surface area contributed by atoms with E-state index < -0.39 is 11.4 Å². The first-order valence-corrected chi connectivity index (χ1v) is 6.91. The number of carboxylic acids is 1. The average Bonchev–Trinajstić information content (AvgIpc) is 2.43. The average molecular weight is 278 g/mol. The van der Waals surface area contributed by atoms with E-state index in [0.29, 0.717) is 12.0 Å². The molecule has 19 heavy (non-hydrogen) atoms. The molecule has 1 aromatic carbocycles. The molecule has 3 nitrogen and oxygen atoms in total. The van der Waals surface area contributed by atoms with E-state index in [0.717, 1.165) is 19.3 Å². The maximum Gasteiger partial charge on any atom is 0.329 e. The fraction of sp³-hybridized carbons (Fsp3) is 0.467. The van der Waals surface area contributed by atoms with Gasteiger partial charge in [-0.1, -0.05) is 43.2 Å². The van der Waals surface area contributed by atoms with Gasteiger partial charge in [0.1, 0.15) is 0 Å². The Morgan fingerprint density at radius 2 is 1.95 bits per heavy atom. The van der Waals surface area contributed by atoms with Crippen molar-refractivity contribution in [3.05, 3.63) is 35.9 Å². The number of hydrogen-bond donors (Lipinski definition) is 1. The Kier molecular flexibility index (Phi) is 4.11. The van der Waals surface area contributed by atoms with Crippen LogP contribution in [0.5, 0.6) is 0 Å². The Bertz CT molecular complexity index is 497. The first-order chi connectivity index (χ1) is 9.13. The van der Waals surface area contributed by atoms with Crippen LogP contribution >= 0.6 is 11.6 Å². The van der Waals surface area contributed by atoms with Gasteiger partial charge in [-0.15, -0.1) is 11.6 Å². The Morgan fingerprint density at radius 3 is 2.47 bits per heavy atom. The molecule has 2 rings (SSSR count). The summed E-state index contributed by atoms with van der Waals surface area (Å²) in [7, 11) is 0. The third kappa shape index (κ3) is 2.33. The van der Waals surface area contributed by atoms with E-state index in [9.17, 15) is 15.2 Å². The maximum atomic E-state index is 11.8. The Morgan fingerprint density at radius 1 is 1.32 bits per heavy atom. The summed E-state index contributed by atoms with van der Waals surface area (Å²) in [4.78, 5) is 11.8. The molecule has 0 amide bonds. The highest BCUT2D eigenvalue weighted by atomic mass is 35.5. The van der Waals surface area contributed by atoms with E-state index >= 15 is 0 Å². The lowest BCUT2D eigenvalue weighted by Crippen LogP contribution is -2.46. The second-order valence-electron chi connectivity index (χ2n) is 5.00. The molecule has 0 radical (unpaired) electrons. The van der Waals surface area contributed by atoms with Gasteiger partial charge in [-0.25, -0.2) is 0 Å². The van der Waals surface area contributed by atoms with Crippen molar-refractivity contribution in [2.75, 3.05) is 0 Å². The van der Waals surface area contributed by atoms with Crippen molar-refractivity contribution >= 4 is 17.6 Å². The lowest BCUT2D eigenvalue weighted by Gasteiger charge is -2.37. The van der Waals surface area contributed by atoms with E-state index in [4.69, 9.17) is 11.6 Å². The van der Waals surface area contributed by atoms with Gasteiger partial charge in [0, 0.05) is 11.3 Å². The minimum atomic E-state index is -1.53. The van der Waals surface area contributed by atoms with Crippen molar-refractivity contribution in [3.8, 4) is 6.07 Å². The first kappa shape index (κ1) is 13.9. The summed E-state index contributed by atoms with van der Waals surface area (Å²) in [6.45, 7) is 0. The summed E-state index contributed by atoms with van der Waals surface area (Å²) >= 11 is 6.33. The molecule has 0 aromatic heterocycles. The summed E-state index contributed by atoms with van der Waals surface area (Å²) in [5, 5.41) is 19.0. The van der Waals surface area contributed by atoms with Crippen LogP contribution in [0.4, 0.5) is 0 Å². The van der Waals surface area contributed by atoms with Crippen LogP contribution in [0.1, 0.15) is 31.2 Å².